The van der Waals surface area contributed by atoms with Crippen LogP contribution in [0.5, 0.6) is 0 Å². The summed E-state index contributed by atoms with van der Waals surface area (Å²) in [7, 11) is 0. The van der Waals surface area contributed by atoms with Gasteiger partial charge in [0.1, 0.15) is 29.3 Å². The van der Waals surface area contributed by atoms with Crippen LogP contribution in [-0.2, 0) is 27.8 Å². The summed E-state index contributed by atoms with van der Waals surface area (Å²) in [5.41, 5.74) is 8.23. The number of hydrogen-bond acceptors (Lipinski definition) is 16. The van der Waals surface area contributed by atoms with Crippen LogP contribution in [0, 0.1) is 5.92 Å². The molecule has 9 atom stereocenters. The zero-order valence-corrected chi connectivity index (χ0v) is 22.8. The molecule has 0 amide bonds. The first kappa shape index (κ1) is 26.3. The summed E-state index contributed by atoms with van der Waals surface area (Å²) in [6.07, 6.45) is -4.45. The van der Waals surface area contributed by atoms with E-state index in [1.165, 1.54) is 12.7 Å². The number of H-pyrrole nitrogens is 1. The summed E-state index contributed by atoms with van der Waals surface area (Å²) in [5.74, 6) is -0.654. The molecule has 6 N–H and O–H groups in total. The van der Waals surface area contributed by atoms with Crippen LogP contribution in [0.1, 0.15) is 18.9 Å². The Morgan fingerprint density at radius 3 is 2.88 bits per heavy atom. The molecule has 1 spiro atoms. The lowest BCUT2D eigenvalue weighted by Gasteiger charge is -2.28. The van der Waals surface area contributed by atoms with E-state index in [2.05, 4.69) is 47.5 Å². The molecule has 42 heavy (non-hydrogen) atoms. The largest absolute Gasteiger partial charge is 0.386 e. The van der Waals surface area contributed by atoms with E-state index < -0.39 is 73.7 Å². The molecule has 0 aromatic carbocycles. The van der Waals surface area contributed by atoms with Crippen molar-refractivity contribution in [1.29, 1.82) is 0 Å². The van der Waals surface area contributed by atoms with Crippen LogP contribution in [0.2, 0.25) is 0 Å². The third-order valence-corrected chi connectivity index (χ3v) is 9.75. The van der Waals surface area contributed by atoms with Gasteiger partial charge in [-0.3, -0.25) is 23.4 Å². The molecule has 2 bridgehead atoms. The molecule has 0 radical (unpaired) electrons. The van der Waals surface area contributed by atoms with Crippen molar-refractivity contribution in [2.24, 2.45) is 5.92 Å². The molecular weight excluding hydrogens is 604 g/mol. The number of nitrogens with one attached hydrogen (secondary N) is 1. The smallest absolute Gasteiger partial charge is 0.384 e. The number of halogens is 1. The summed E-state index contributed by atoms with van der Waals surface area (Å²) in [6, 6.07) is 0. The Hall–Kier alpha value is -3.30. The van der Waals surface area contributed by atoms with Crippen LogP contribution in [0.4, 0.5) is 16.2 Å². The van der Waals surface area contributed by atoms with Crippen molar-refractivity contribution < 1.29 is 37.3 Å². The maximum absolute atomic E-state index is 15.7. The second-order valence-electron chi connectivity index (χ2n) is 10.4. The average Bonchev–Trinajstić information content (AvgIpc) is 3.56. The second-order valence-corrected chi connectivity index (χ2v) is 13.3. The van der Waals surface area contributed by atoms with Gasteiger partial charge in [-0.05, 0) is 0 Å². The van der Waals surface area contributed by atoms with Gasteiger partial charge >= 0.3 is 6.80 Å². The van der Waals surface area contributed by atoms with Gasteiger partial charge in [0.2, 0.25) is 5.95 Å². The Labute approximate surface area is 237 Å². The first-order chi connectivity index (χ1) is 20.0. The number of nitrogens with zero attached hydrogens (tertiary/aromatic N) is 8. The maximum atomic E-state index is 15.7. The summed E-state index contributed by atoms with van der Waals surface area (Å²) >= 11 is 4.05. The van der Waals surface area contributed by atoms with Gasteiger partial charge in [-0.2, -0.15) is 9.67 Å². The van der Waals surface area contributed by atoms with Crippen molar-refractivity contribution >= 4 is 53.1 Å². The lowest BCUT2D eigenvalue weighted by atomic mass is 10.2. The highest BCUT2D eigenvalue weighted by atomic mass is 32.7. The minimum Gasteiger partial charge on any atom is -0.384 e. The summed E-state index contributed by atoms with van der Waals surface area (Å²) in [6.45, 7) is -5.21. The van der Waals surface area contributed by atoms with Crippen LogP contribution in [-0.4, -0.2) is 92.6 Å². The Morgan fingerprint density at radius 2 is 2.05 bits per heavy atom. The van der Waals surface area contributed by atoms with E-state index in [0.29, 0.717) is 11.2 Å². The molecule has 1 aliphatic carbocycles. The Morgan fingerprint density at radius 1 is 1.21 bits per heavy atom. The van der Waals surface area contributed by atoms with E-state index in [9.17, 15) is 14.5 Å². The van der Waals surface area contributed by atoms with Crippen molar-refractivity contribution in [3.63, 3.8) is 0 Å². The fourth-order valence-electron chi connectivity index (χ4n) is 6.08. The number of aliphatic hydroxyl groups is 1. The number of thiol groups is 1. The highest BCUT2D eigenvalue weighted by Gasteiger charge is 2.83. The lowest BCUT2D eigenvalue weighted by molar-refractivity contribution is -0.202. The Kier molecular flexibility index (Phi) is 5.41. The molecule has 19 nitrogen and oxygen atoms in total. The first-order valence-electron chi connectivity index (χ1n) is 12.5. The highest BCUT2D eigenvalue weighted by Crippen LogP contribution is 2.69. The zero-order chi connectivity index (χ0) is 29.2. The van der Waals surface area contributed by atoms with Crippen molar-refractivity contribution in [1.82, 2.24) is 44.5 Å². The topological polar surface area (TPSA) is 256 Å². The number of fused-ring (bicyclic) bond motifs is 5. The van der Waals surface area contributed by atoms with Crippen molar-refractivity contribution in [2.45, 2.75) is 48.6 Å². The van der Waals surface area contributed by atoms with Gasteiger partial charge < -0.3 is 30.8 Å². The van der Waals surface area contributed by atoms with Crippen LogP contribution in [0.25, 0.3) is 22.3 Å². The van der Waals surface area contributed by atoms with E-state index in [1.54, 1.807) is 4.57 Å². The standard InChI is InChI=1S/C20H21FN11O8PS/c21-8-11-16(32-14-10(29-30-32)15(33)28-18(23)27-14)38-17(8)36-2-19(34)6-1-7(39-20(6,19)3-37-41(35,42)40-11)31-5-26-9-12(22)24-4-25-13(9)31/h4-8,11,16-17,34H,1-3H2,(H,35,42)(H2,22,24,25)(H3,23,27,28,33)/t6-,7-,8-,11-,16-,17?,19?,20?,41?/m1/s1. The number of rotatable bonds is 2. The number of imidazole rings is 1. The number of alkyl halides is 1. The fourth-order valence-corrected chi connectivity index (χ4v) is 7.52. The molecule has 7 heterocycles. The zero-order valence-electron chi connectivity index (χ0n) is 21.0. The number of anilines is 2. The van der Waals surface area contributed by atoms with Gasteiger partial charge in [-0.25, -0.2) is 23.9 Å². The average molecular weight is 625 g/mol. The Bertz CT molecular complexity index is 1870. The summed E-state index contributed by atoms with van der Waals surface area (Å²) in [5, 5.41) is 19.2. The van der Waals surface area contributed by atoms with Gasteiger partial charge in [0.15, 0.2) is 47.4 Å². The van der Waals surface area contributed by atoms with Crippen molar-refractivity contribution in [2.75, 3.05) is 24.7 Å². The molecule has 1 saturated carbocycles. The SMILES string of the molecule is Nc1nc2c(nnn2[C@@H]2OC3OCC4(O)[C@H]5C[C@H](n6cnc7c(N)ncnc76)OC54COP(=O)(S)O[C@@H]2[C@H]3F)c(=O)[nH]1. The third-order valence-electron chi connectivity index (χ3n) is 8.16. The van der Waals surface area contributed by atoms with Gasteiger partial charge in [0, 0.05) is 12.3 Å². The quantitative estimate of drug-likeness (QED) is 0.135. The second kappa shape index (κ2) is 8.63. The molecule has 4 unspecified atom stereocenters. The lowest BCUT2D eigenvalue weighted by Crippen LogP contribution is -2.40. The summed E-state index contributed by atoms with van der Waals surface area (Å²) in [4.78, 5) is 30.9. The monoisotopic (exact) mass is 625 g/mol. The predicted octanol–water partition coefficient (Wildman–Crippen LogP) is -0.800. The molecule has 8 rings (SSSR count). The number of aromatic amines is 1. The van der Waals surface area contributed by atoms with Gasteiger partial charge in [0.05, 0.1) is 19.5 Å². The minimum absolute atomic E-state index is 0.141. The molecule has 4 aromatic rings. The van der Waals surface area contributed by atoms with Gasteiger partial charge in [0.25, 0.3) is 5.56 Å². The van der Waals surface area contributed by atoms with Crippen molar-refractivity contribution in [3.05, 3.63) is 23.0 Å². The van der Waals surface area contributed by atoms with Crippen LogP contribution in [0.3, 0.4) is 0 Å². The van der Waals surface area contributed by atoms with Gasteiger partial charge in [-0.15, -0.1) is 5.10 Å². The normalized spacial score (nSPS) is 39.7. The first-order valence-corrected chi connectivity index (χ1v) is 15.2. The minimum atomic E-state index is -4.35. The van der Waals surface area contributed by atoms with E-state index in [1.807, 2.05) is 0 Å². The molecule has 4 aromatic heterocycles. The molecule has 4 fully saturated rings. The number of ether oxygens (including phenoxy) is 3. The molecule has 3 aliphatic heterocycles. The van der Waals surface area contributed by atoms with Crippen LogP contribution in [0.15, 0.2) is 17.4 Å². The van der Waals surface area contributed by atoms with Crippen LogP contribution < -0.4 is 17.0 Å². The van der Waals surface area contributed by atoms with E-state index in [0.717, 1.165) is 4.68 Å². The summed E-state index contributed by atoms with van der Waals surface area (Å²) < 4.78 is 60.6. The highest BCUT2D eigenvalue weighted by molar-refractivity contribution is 8.44. The van der Waals surface area contributed by atoms with Gasteiger partial charge in [-0.1, -0.05) is 17.5 Å². The number of nitrogens with two attached hydrogens (primary N) is 2. The number of hydrogen-bond donors (Lipinski definition) is 5. The number of nitrogen functional groups attached to an aromatic ring is 2. The van der Waals surface area contributed by atoms with Crippen molar-refractivity contribution in [3.8, 4) is 0 Å². The predicted molar refractivity (Wildman–Crippen MR) is 138 cm³/mol. The molecule has 222 valence electrons. The van der Waals surface area contributed by atoms with E-state index in [-0.39, 0.29) is 29.4 Å². The van der Waals surface area contributed by atoms with Crippen LogP contribution >= 0.6 is 19.0 Å². The molecule has 3 saturated heterocycles. The fraction of sp³-hybridized carbons (Fsp3) is 0.550. The Balaban J connectivity index is 1.10. The third kappa shape index (κ3) is 3.56. The van der Waals surface area contributed by atoms with E-state index >= 15 is 4.39 Å². The maximum Gasteiger partial charge on any atom is 0.386 e. The van der Waals surface area contributed by atoms with E-state index in [4.69, 9.17) is 34.7 Å². The number of aromatic nitrogens is 9. The molecule has 4 aliphatic rings. The molecular formula is C20H21FN11O8PS. The molecule has 22 heteroatoms.